The van der Waals surface area contributed by atoms with Gasteiger partial charge < -0.3 is 20.0 Å². The van der Waals surface area contributed by atoms with Crippen LogP contribution in [-0.4, -0.2) is 39.8 Å². The topological polar surface area (TPSA) is 127 Å². The minimum absolute atomic E-state index is 0.0209. The Balaban J connectivity index is 1.82. The molecule has 0 atom stereocenters. The second-order valence-corrected chi connectivity index (χ2v) is 8.11. The van der Waals surface area contributed by atoms with Crippen LogP contribution in [0.2, 0.25) is 0 Å². The summed E-state index contributed by atoms with van der Waals surface area (Å²) in [5.74, 6) is -2.15. The Morgan fingerprint density at radius 1 is 1.09 bits per heavy atom. The molecule has 3 aromatic rings. The monoisotopic (exact) mass is 467 g/mol. The van der Waals surface area contributed by atoms with Crippen molar-refractivity contribution in [1.82, 2.24) is 4.98 Å². The SMILES string of the molecule is CC(C)(ON=C(C(=O)O)c1csc(NC=O)n1)C(=O)OC(c1ccccc1)c1ccccc1. The molecule has 0 fully saturated rings. The van der Waals surface area contributed by atoms with Crippen LogP contribution in [0.4, 0.5) is 5.13 Å². The number of rotatable bonds is 10. The van der Waals surface area contributed by atoms with Crippen molar-refractivity contribution < 1.29 is 29.1 Å². The van der Waals surface area contributed by atoms with Crippen LogP contribution in [0.15, 0.2) is 71.2 Å². The van der Waals surface area contributed by atoms with Crippen molar-refractivity contribution in [2.75, 3.05) is 5.32 Å². The van der Waals surface area contributed by atoms with Crippen molar-refractivity contribution in [3.8, 4) is 0 Å². The van der Waals surface area contributed by atoms with Crippen LogP contribution >= 0.6 is 11.3 Å². The van der Waals surface area contributed by atoms with Gasteiger partial charge in [0.2, 0.25) is 17.7 Å². The Hall–Kier alpha value is -4.05. The van der Waals surface area contributed by atoms with Crippen molar-refractivity contribution in [2.24, 2.45) is 5.16 Å². The zero-order chi connectivity index (χ0) is 23.8. The first-order chi connectivity index (χ1) is 15.8. The number of ether oxygens (including phenoxy) is 1. The number of nitrogens with zero attached hydrogens (tertiary/aromatic N) is 2. The van der Waals surface area contributed by atoms with E-state index in [1.807, 2.05) is 60.7 Å². The molecule has 0 aliphatic heterocycles. The summed E-state index contributed by atoms with van der Waals surface area (Å²) in [6.07, 6.45) is -0.271. The highest BCUT2D eigenvalue weighted by atomic mass is 32.1. The zero-order valence-electron chi connectivity index (χ0n) is 17.8. The quantitative estimate of drug-likeness (QED) is 0.202. The molecule has 0 bridgehead atoms. The predicted octanol–water partition coefficient (Wildman–Crippen LogP) is 3.63. The van der Waals surface area contributed by atoms with Gasteiger partial charge in [-0.2, -0.15) is 0 Å². The Labute approximate surface area is 193 Å². The summed E-state index contributed by atoms with van der Waals surface area (Å²) < 4.78 is 5.78. The maximum atomic E-state index is 13.0. The molecule has 1 amide bonds. The van der Waals surface area contributed by atoms with Gasteiger partial charge >= 0.3 is 11.9 Å². The molecule has 0 saturated heterocycles. The van der Waals surface area contributed by atoms with E-state index < -0.39 is 29.4 Å². The number of anilines is 1. The Kier molecular flexibility index (Phi) is 7.52. The number of carboxylic acid groups (broad SMARTS) is 1. The maximum absolute atomic E-state index is 13.0. The van der Waals surface area contributed by atoms with Crippen LogP contribution < -0.4 is 5.32 Å². The average molecular weight is 468 g/mol. The van der Waals surface area contributed by atoms with Crippen LogP contribution in [0.25, 0.3) is 0 Å². The van der Waals surface area contributed by atoms with E-state index in [1.54, 1.807) is 0 Å². The number of amides is 1. The predicted molar refractivity (Wildman–Crippen MR) is 122 cm³/mol. The number of oxime groups is 1. The molecule has 9 nitrogen and oxygen atoms in total. The first-order valence-electron chi connectivity index (χ1n) is 9.78. The summed E-state index contributed by atoms with van der Waals surface area (Å²) in [7, 11) is 0. The fraction of sp³-hybridized carbons (Fsp3) is 0.174. The second-order valence-electron chi connectivity index (χ2n) is 7.25. The molecule has 1 aromatic heterocycles. The number of esters is 1. The third-order valence-corrected chi connectivity index (χ3v) is 5.19. The van der Waals surface area contributed by atoms with Gasteiger partial charge in [0.1, 0.15) is 5.69 Å². The van der Waals surface area contributed by atoms with Crippen LogP contribution in [-0.2, 0) is 24.0 Å². The van der Waals surface area contributed by atoms with Gasteiger partial charge in [-0.25, -0.2) is 14.6 Å². The minimum atomic E-state index is -1.61. The van der Waals surface area contributed by atoms with Crippen LogP contribution in [0.5, 0.6) is 0 Å². The molecule has 2 aromatic carbocycles. The largest absolute Gasteiger partial charge is 0.476 e. The Morgan fingerprint density at radius 2 is 1.67 bits per heavy atom. The van der Waals surface area contributed by atoms with Gasteiger partial charge in [-0.3, -0.25) is 4.79 Å². The number of aliphatic carboxylic acids is 1. The van der Waals surface area contributed by atoms with Gasteiger partial charge in [0, 0.05) is 5.38 Å². The number of nitrogens with one attached hydrogen (secondary N) is 1. The molecule has 1 heterocycles. The van der Waals surface area contributed by atoms with E-state index in [0.717, 1.165) is 22.5 Å². The molecule has 0 saturated carbocycles. The van der Waals surface area contributed by atoms with Gasteiger partial charge in [0.15, 0.2) is 11.2 Å². The van der Waals surface area contributed by atoms with Gasteiger partial charge in [0.25, 0.3) is 0 Å². The first kappa shape index (κ1) is 23.6. The van der Waals surface area contributed by atoms with Crippen molar-refractivity contribution in [1.29, 1.82) is 0 Å². The molecular formula is C23H21N3O6S. The number of hydrogen-bond donors (Lipinski definition) is 2. The average Bonchev–Trinajstić information content (AvgIpc) is 3.26. The number of aromatic nitrogens is 1. The van der Waals surface area contributed by atoms with Crippen molar-refractivity contribution in [3.05, 3.63) is 82.9 Å². The van der Waals surface area contributed by atoms with Crippen LogP contribution in [0.1, 0.15) is 36.8 Å². The lowest BCUT2D eigenvalue weighted by Gasteiger charge is -2.25. The molecule has 2 N–H and O–H groups in total. The molecule has 0 aliphatic carbocycles. The first-order valence-corrected chi connectivity index (χ1v) is 10.7. The molecule has 0 radical (unpaired) electrons. The number of carbonyl (C=O) groups is 3. The number of carbonyl (C=O) groups excluding carboxylic acids is 2. The molecule has 3 rings (SSSR count). The van der Waals surface area contributed by atoms with E-state index in [9.17, 15) is 19.5 Å². The lowest BCUT2D eigenvalue weighted by atomic mass is 10.0. The number of hydrogen-bond acceptors (Lipinski definition) is 8. The van der Waals surface area contributed by atoms with Gasteiger partial charge in [0.05, 0.1) is 0 Å². The molecule has 170 valence electrons. The third kappa shape index (κ3) is 6.01. The van der Waals surface area contributed by atoms with E-state index in [2.05, 4.69) is 15.5 Å². The second kappa shape index (κ2) is 10.5. The minimum Gasteiger partial charge on any atom is -0.476 e. The summed E-state index contributed by atoms with van der Waals surface area (Å²) >= 11 is 1.02. The van der Waals surface area contributed by atoms with Crippen molar-refractivity contribution in [3.63, 3.8) is 0 Å². The lowest BCUT2D eigenvalue weighted by Crippen LogP contribution is -2.37. The van der Waals surface area contributed by atoms with E-state index >= 15 is 0 Å². The van der Waals surface area contributed by atoms with Gasteiger partial charge in [-0.15, -0.1) is 11.3 Å². The highest BCUT2D eigenvalue weighted by molar-refractivity contribution is 7.14. The summed E-state index contributed by atoms with van der Waals surface area (Å²) in [6.45, 7) is 2.84. The fourth-order valence-electron chi connectivity index (χ4n) is 2.72. The van der Waals surface area contributed by atoms with E-state index in [4.69, 9.17) is 9.57 Å². The van der Waals surface area contributed by atoms with E-state index in [0.29, 0.717) is 6.41 Å². The number of thiazole rings is 1. The highest BCUT2D eigenvalue weighted by Gasteiger charge is 2.36. The zero-order valence-corrected chi connectivity index (χ0v) is 18.6. The summed E-state index contributed by atoms with van der Waals surface area (Å²) in [6, 6.07) is 18.4. The van der Waals surface area contributed by atoms with E-state index in [1.165, 1.54) is 19.2 Å². The number of benzene rings is 2. The molecule has 0 spiro atoms. The van der Waals surface area contributed by atoms with Crippen molar-refractivity contribution in [2.45, 2.75) is 25.6 Å². The van der Waals surface area contributed by atoms with Crippen molar-refractivity contribution >= 4 is 40.5 Å². The molecule has 10 heteroatoms. The fourth-order valence-corrected chi connectivity index (χ4v) is 3.38. The Morgan fingerprint density at radius 3 is 2.18 bits per heavy atom. The third-order valence-electron chi connectivity index (χ3n) is 4.42. The van der Waals surface area contributed by atoms with Gasteiger partial charge in [-0.1, -0.05) is 65.8 Å². The maximum Gasteiger partial charge on any atom is 0.360 e. The summed E-state index contributed by atoms with van der Waals surface area (Å²) in [5.41, 5.74) is -0.621. The number of carboxylic acids is 1. The summed E-state index contributed by atoms with van der Waals surface area (Å²) in [4.78, 5) is 44.5. The molecule has 0 unspecified atom stereocenters. The van der Waals surface area contributed by atoms with Gasteiger partial charge in [-0.05, 0) is 25.0 Å². The molecule has 0 aliphatic rings. The van der Waals surface area contributed by atoms with Crippen LogP contribution in [0.3, 0.4) is 0 Å². The van der Waals surface area contributed by atoms with Crippen LogP contribution in [0, 0.1) is 0 Å². The molecule has 33 heavy (non-hydrogen) atoms. The highest BCUT2D eigenvalue weighted by Crippen LogP contribution is 2.28. The Bertz CT molecular complexity index is 1110. The lowest BCUT2D eigenvalue weighted by molar-refractivity contribution is -0.172. The smallest absolute Gasteiger partial charge is 0.360 e. The van der Waals surface area contributed by atoms with E-state index in [-0.39, 0.29) is 10.8 Å². The summed E-state index contributed by atoms with van der Waals surface area (Å²) in [5, 5.41) is 17.1. The molecular weight excluding hydrogens is 446 g/mol. The standard InChI is InChI=1S/C23H21N3O6S/c1-23(2,32-26-18(20(28)29)17-13-33-22(25-17)24-14-27)21(30)31-19(15-9-5-3-6-10-15)16-11-7-4-8-12-16/h3-14,19H,1-2H3,(H,28,29)(H,24,25,27). The normalized spacial score (nSPS) is 11.7.